The van der Waals surface area contributed by atoms with E-state index in [1.807, 2.05) is 13.8 Å². The molecule has 0 aliphatic heterocycles. The maximum atomic E-state index is 11.4. The van der Waals surface area contributed by atoms with E-state index in [2.05, 4.69) is 15.3 Å². The molecule has 0 aromatic rings. The Morgan fingerprint density at radius 1 is 1.20 bits per heavy atom. The molecular weight excluding hydrogens is 196 g/mol. The summed E-state index contributed by atoms with van der Waals surface area (Å²) in [7, 11) is 0. The largest absolute Gasteiger partial charge is 0.370 e. The molecule has 1 amide bonds. The highest BCUT2D eigenvalue weighted by atomic mass is 16.2. The average molecular weight is 214 g/mol. The summed E-state index contributed by atoms with van der Waals surface area (Å²) in [6.45, 7) is 5.31. The van der Waals surface area contributed by atoms with Gasteiger partial charge in [-0.2, -0.15) is 4.99 Å². The zero-order chi connectivity index (χ0) is 12.0. The van der Waals surface area contributed by atoms with Crippen LogP contribution in [0.1, 0.15) is 20.8 Å². The Bertz CT molecular complexity index is 279. The highest BCUT2D eigenvalue weighted by Crippen LogP contribution is 1.91. The number of carbonyl (C=O) groups is 1. The maximum absolute atomic E-state index is 11.4. The van der Waals surface area contributed by atoms with Gasteiger partial charge in [-0.15, -0.1) is 0 Å². The molecule has 0 aromatic carbocycles. The molecule has 7 heteroatoms. The number of nitrogens with two attached hydrogens (primary N) is 3. The summed E-state index contributed by atoms with van der Waals surface area (Å²) in [5, 5.41) is 2.69. The van der Waals surface area contributed by atoms with Crippen molar-refractivity contribution in [1.29, 1.82) is 0 Å². The predicted octanol–water partition coefficient (Wildman–Crippen LogP) is -1.51. The molecule has 0 fully saturated rings. The lowest BCUT2D eigenvalue weighted by Gasteiger charge is -2.11. The lowest BCUT2D eigenvalue weighted by molar-refractivity contribution is -0.122. The average Bonchev–Trinajstić information content (AvgIpc) is 2.00. The molecule has 0 aliphatic carbocycles. The molecule has 0 aromatic heterocycles. The van der Waals surface area contributed by atoms with Crippen molar-refractivity contribution in [3.05, 3.63) is 0 Å². The summed E-state index contributed by atoms with van der Waals surface area (Å²) in [4.78, 5) is 18.7. The Kier molecular flexibility index (Phi) is 5.14. The molecule has 15 heavy (non-hydrogen) atoms. The van der Waals surface area contributed by atoms with Gasteiger partial charge in [0.05, 0.1) is 0 Å². The van der Waals surface area contributed by atoms with E-state index in [-0.39, 0.29) is 23.9 Å². The topological polar surface area (TPSA) is 132 Å². The lowest BCUT2D eigenvalue weighted by atomic mass is 10.3. The number of nitrogens with zero attached hydrogens (tertiary/aromatic N) is 2. The number of carbonyl (C=O) groups excluding carboxylic acids is 1. The predicted molar refractivity (Wildman–Crippen MR) is 60.2 cm³/mol. The normalized spacial score (nSPS) is 13.5. The molecule has 0 spiro atoms. The van der Waals surface area contributed by atoms with Crippen LogP contribution in [0.2, 0.25) is 0 Å². The summed E-state index contributed by atoms with van der Waals surface area (Å²) in [6, 6.07) is -0.560. The second-order valence-corrected chi connectivity index (χ2v) is 3.36. The first-order valence-electron chi connectivity index (χ1n) is 4.56. The van der Waals surface area contributed by atoms with Crippen molar-refractivity contribution in [2.24, 2.45) is 27.2 Å². The highest BCUT2D eigenvalue weighted by molar-refractivity contribution is 5.94. The first-order valence-corrected chi connectivity index (χ1v) is 4.56. The zero-order valence-corrected chi connectivity index (χ0v) is 9.19. The van der Waals surface area contributed by atoms with Crippen LogP contribution < -0.4 is 22.5 Å². The molecule has 0 aliphatic rings. The second-order valence-electron chi connectivity index (χ2n) is 3.36. The number of guanidine groups is 2. The van der Waals surface area contributed by atoms with Crippen LogP contribution in [-0.4, -0.2) is 29.9 Å². The monoisotopic (exact) mass is 214 g/mol. The number of rotatable bonds is 3. The van der Waals surface area contributed by atoms with E-state index < -0.39 is 6.04 Å². The van der Waals surface area contributed by atoms with Gasteiger partial charge in [0.1, 0.15) is 6.04 Å². The van der Waals surface area contributed by atoms with Crippen LogP contribution in [0.5, 0.6) is 0 Å². The van der Waals surface area contributed by atoms with Gasteiger partial charge in [0.2, 0.25) is 11.9 Å². The molecule has 7 nitrogen and oxygen atoms in total. The Hall–Kier alpha value is -1.79. The van der Waals surface area contributed by atoms with Gasteiger partial charge < -0.3 is 22.5 Å². The molecule has 7 N–H and O–H groups in total. The third-order valence-electron chi connectivity index (χ3n) is 1.38. The third-order valence-corrected chi connectivity index (χ3v) is 1.38. The van der Waals surface area contributed by atoms with Crippen LogP contribution in [-0.2, 0) is 4.79 Å². The van der Waals surface area contributed by atoms with Crippen LogP contribution in [0.3, 0.4) is 0 Å². The van der Waals surface area contributed by atoms with Gasteiger partial charge in [-0.25, -0.2) is 4.99 Å². The van der Waals surface area contributed by atoms with Crippen molar-refractivity contribution in [2.45, 2.75) is 32.9 Å². The van der Waals surface area contributed by atoms with Crippen LogP contribution in [0.25, 0.3) is 0 Å². The summed E-state index contributed by atoms with van der Waals surface area (Å²) in [5.41, 5.74) is 15.6. The van der Waals surface area contributed by atoms with Crippen LogP contribution in [0.4, 0.5) is 0 Å². The van der Waals surface area contributed by atoms with Crippen molar-refractivity contribution >= 4 is 17.8 Å². The van der Waals surface area contributed by atoms with E-state index in [0.717, 1.165) is 0 Å². The third kappa shape index (κ3) is 6.30. The number of amides is 1. The van der Waals surface area contributed by atoms with Gasteiger partial charge in [-0.05, 0) is 20.8 Å². The number of aliphatic imine (C=N–C) groups is 2. The minimum atomic E-state index is -0.615. The fraction of sp³-hybridized carbons (Fsp3) is 0.625. The molecule has 1 atom stereocenters. The summed E-state index contributed by atoms with van der Waals surface area (Å²) in [6.07, 6.45) is 0. The Labute approximate surface area is 88.8 Å². The van der Waals surface area contributed by atoms with E-state index in [4.69, 9.17) is 17.2 Å². The highest BCUT2D eigenvalue weighted by Gasteiger charge is 2.12. The maximum Gasteiger partial charge on any atom is 0.244 e. The Balaban J connectivity index is 4.40. The molecule has 0 saturated heterocycles. The van der Waals surface area contributed by atoms with Gasteiger partial charge in [0, 0.05) is 6.04 Å². The molecule has 86 valence electrons. The molecule has 1 unspecified atom stereocenters. The molecule has 0 rings (SSSR count). The van der Waals surface area contributed by atoms with Gasteiger partial charge in [0.25, 0.3) is 0 Å². The minimum absolute atomic E-state index is 0.0550. The van der Waals surface area contributed by atoms with E-state index in [1.54, 1.807) is 6.92 Å². The Morgan fingerprint density at radius 2 is 1.73 bits per heavy atom. The number of hydrogen-bond donors (Lipinski definition) is 4. The van der Waals surface area contributed by atoms with E-state index in [1.165, 1.54) is 0 Å². The zero-order valence-electron chi connectivity index (χ0n) is 9.19. The lowest BCUT2D eigenvalue weighted by Crippen LogP contribution is -2.37. The summed E-state index contributed by atoms with van der Waals surface area (Å²) in [5.74, 6) is -0.520. The van der Waals surface area contributed by atoms with Crippen molar-refractivity contribution in [3.63, 3.8) is 0 Å². The van der Waals surface area contributed by atoms with Crippen molar-refractivity contribution in [2.75, 3.05) is 0 Å². The molecule has 0 bridgehead atoms. The number of hydrogen-bond acceptors (Lipinski definition) is 2. The summed E-state index contributed by atoms with van der Waals surface area (Å²) >= 11 is 0. The molecule has 0 heterocycles. The van der Waals surface area contributed by atoms with E-state index in [0.29, 0.717) is 0 Å². The van der Waals surface area contributed by atoms with Crippen molar-refractivity contribution in [3.8, 4) is 0 Å². The first-order chi connectivity index (χ1) is 6.82. The van der Waals surface area contributed by atoms with E-state index >= 15 is 0 Å². The standard InChI is InChI=1S/C8H18N6O/c1-4(2)12-6(15)5(3)13-8(11)14-7(9)10/h4-5H,1-3H3,(H,12,15)(H6,9,10,11,13,14). The number of nitrogens with one attached hydrogen (secondary N) is 1. The molecule has 0 saturated carbocycles. The van der Waals surface area contributed by atoms with Gasteiger partial charge in [-0.3, -0.25) is 4.79 Å². The first kappa shape index (κ1) is 13.2. The van der Waals surface area contributed by atoms with Gasteiger partial charge >= 0.3 is 0 Å². The summed E-state index contributed by atoms with van der Waals surface area (Å²) < 4.78 is 0. The fourth-order valence-corrected chi connectivity index (χ4v) is 0.823. The SMILES string of the molecule is CC(C)NC(=O)C(C)N=C(N)N=C(N)N. The van der Waals surface area contributed by atoms with Gasteiger partial charge in [-0.1, -0.05) is 0 Å². The van der Waals surface area contributed by atoms with E-state index in [9.17, 15) is 4.79 Å². The molecular formula is C8H18N6O. The van der Waals surface area contributed by atoms with Crippen LogP contribution in [0, 0.1) is 0 Å². The molecule has 0 radical (unpaired) electrons. The minimum Gasteiger partial charge on any atom is -0.370 e. The fourth-order valence-electron chi connectivity index (χ4n) is 0.823. The van der Waals surface area contributed by atoms with Crippen molar-refractivity contribution < 1.29 is 4.79 Å². The quantitative estimate of drug-likeness (QED) is 0.336. The van der Waals surface area contributed by atoms with Crippen molar-refractivity contribution in [1.82, 2.24) is 5.32 Å². The van der Waals surface area contributed by atoms with Gasteiger partial charge in [0.15, 0.2) is 5.96 Å². The smallest absolute Gasteiger partial charge is 0.244 e. The van der Waals surface area contributed by atoms with Crippen LogP contribution in [0.15, 0.2) is 9.98 Å². The Morgan fingerprint density at radius 3 is 2.13 bits per heavy atom. The second kappa shape index (κ2) is 5.84. The van der Waals surface area contributed by atoms with Crippen LogP contribution >= 0.6 is 0 Å².